The molecule has 1 atom stereocenters. The Balaban J connectivity index is 2.40. The van der Waals surface area contributed by atoms with E-state index >= 15 is 0 Å². The summed E-state index contributed by atoms with van der Waals surface area (Å²) in [6.07, 6.45) is 2.31. The van der Waals surface area contributed by atoms with Crippen molar-refractivity contribution in [2.24, 2.45) is 0 Å². The molecule has 0 saturated carbocycles. The molecule has 0 aliphatic carbocycles. The average molecular weight is 268 g/mol. The van der Waals surface area contributed by atoms with Gasteiger partial charge in [0.2, 0.25) is 0 Å². The monoisotopic (exact) mass is 268 g/mol. The van der Waals surface area contributed by atoms with E-state index in [1.54, 1.807) is 13.3 Å². The Labute approximate surface area is 107 Å². The topological polar surface area (TPSA) is 67.4 Å². The lowest BCUT2D eigenvalue weighted by Gasteiger charge is -2.26. The molecule has 1 aromatic carbocycles. The first-order chi connectivity index (χ1) is 8.55. The van der Waals surface area contributed by atoms with E-state index in [0.29, 0.717) is 5.75 Å². The fourth-order valence-corrected chi connectivity index (χ4v) is 2.88. The Hall–Kier alpha value is -1.53. The zero-order valence-corrected chi connectivity index (χ0v) is 11.1. The van der Waals surface area contributed by atoms with Crippen molar-refractivity contribution in [1.82, 2.24) is 9.44 Å². The number of methoxy groups -OCH3 is 1. The minimum atomic E-state index is -3.46. The van der Waals surface area contributed by atoms with Gasteiger partial charge in [0.25, 0.3) is 10.2 Å². The van der Waals surface area contributed by atoms with Gasteiger partial charge in [0.1, 0.15) is 5.75 Å². The Morgan fingerprint density at radius 2 is 2.17 bits per heavy atom. The second kappa shape index (κ2) is 4.99. The third-order valence-corrected chi connectivity index (χ3v) is 3.85. The number of hydrogen-bond acceptors (Lipinski definition) is 3. The van der Waals surface area contributed by atoms with Gasteiger partial charge in [-0.05, 0) is 29.7 Å². The highest BCUT2D eigenvalue weighted by molar-refractivity contribution is 7.87. The van der Waals surface area contributed by atoms with Gasteiger partial charge >= 0.3 is 0 Å². The summed E-state index contributed by atoms with van der Waals surface area (Å²) >= 11 is 0. The lowest BCUT2D eigenvalue weighted by atomic mass is 9.98. The van der Waals surface area contributed by atoms with E-state index in [1.165, 1.54) is 0 Å². The molecule has 1 unspecified atom stereocenters. The van der Waals surface area contributed by atoms with Gasteiger partial charge in [0, 0.05) is 6.20 Å². The summed E-state index contributed by atoms with van der Waals surface area (Å²) < 4.78 is 33.2. The first kappa shape index (κ1) is 12.9. The summed E-state index contributed by atoms with van der Waals surface area (Å²) in [5, 5.41) is 0. The van der Waals surface area contributed by atoms with Crippen molar-refractivity contribution in [1.29, 1.82) is 0 Å². The van der Waals surface area contributed by atoms with Crippen molar-refractivity contribution in [2.45, 2.75) is 19.4 Å². The quantitative estimate of drug-likeness (QED) is 0.872. The zero-order valence-electron chi connectivity index (χ0n) is 10.3. The van der Waals surface area contributed by atoms with Gasteiger partial charge in [-0.2, -0.15) is 13.1 Å². The van der Waals surface area contributed by atoms with E-state index in [1.807, 2.05) is 31.2 Å². The summed E-state index contributed by atoms with van der Waals surface area (Å²) in [5.74, 6) is 0.709. The van der Waals surface area contributed by atoms with Crippen LogP contribution < -0.4 is 14.2 Å². The van der Waals surface area contributed by atoms with Crippen molar-refractivity contribution in [3.8, 4) is 5.75 Å². The molecule has 2 rings (SSSR count). The normalized spacial score (nSPS) is 21.9. The summed E-state index contributed by atoms with van der Waals surface area (Å²) in [6, 6.07) is 7.05. The lowest BCUT2D eigenvalue weighted by molar-refractivity contribution is 0.413. The van der Waals surface area contributed by atoms with E-state index in [4.69, 9.17) is 4.74 Å². The molecule has 1 heterocycles. The van der Waals surface area contributed by atoms with Crippen molar-refractivity contribution in [3.05, 3.63) is 41.6 Å². The van der Waals surface area contributed by atoms with Crippen LogP contribution in [0.5, 0.6) is 5.75 Å². The first-order valence-corrected chi connectivity index (χ1v) is 7.16. The standard InChI is InChI=1S/C12H16N2O3S/c1-3-9-8-13-18(15,16)14-12(9)10-5-4-6-11(7-10)17-2/h4-8,12-14H,3H2,1-2H3. The van der Waals surface area contributed by atoms with E-state index in [2.05, 4.69) is 9.44 Å². The minimum Gasteiger partial charge on any atom is -0.497 e. The van der Waals surface area contributed by atoms with Gasteiger partial charge in [-0.15, -0.1) is 0 Å². The van der Waals surface area contributed by atoms with E-state index < -0.39 is 10.2 Å². The van der Waals surface area contributed by atoms with E-state index in [-0.39, 0.29) is 6.04 Å². The second-order valence-corrected chi connectivity index (χ2v) is 5.50. The molecule has 0 aromatic heterocycles. The molecule has 0 amide bonds. The first-order valence-electron chi connectivity index (χ1n) is 5.68. The smallest absolute Gasteiger partial charge is 0.299 e. The Kier molecular flexibility index (Phi) is 3.58. The fraction of sp³-hybridized carbons (Fsp3) is 0.333. The molecule has 5 nitrogen and oxygen atoms in total. The highest BCUT2D eigenvalue weighted by Crippen LogP contribution is 2.28. The summed E-state index contributed by atoms with van der Waals surface area (Å²) in [7, 11) is -1.87. The third-order valence-electron chi connectivity index (χ3n) is 2.88. The molecule has 0 fully saturated rings. The van der Waals surface area contributed by atoms with Crippen LogP contribution in [0.25, 0.3) is 0 Å². The van der Waals surface area contributed by atoms with Crippen LogP contribution in [0, 0.1) is 0 Å². The molecule has 1 aliphatic rings. The Bertz CT molecular complexity index is 566. The SMILES string of the molecule is CCC1=CNS(=O)(=O)NC1c1cccc(OC)c1. The highest BCUT2D eigenvalue weighted by atomic mass is 32.2. The zero-order chi connectivity index (χ0) is 13.2. The average Bonchev–Trinajstić information content (AvgIpc) is 2.38. The molecule has 18 heavy (non-hydrogen) atoms. The van der Waals surface area contributed by atoms with E-state index in [0.717, 1.165) is 17.6 Å². The number of rotatable bonds is 3. The highest BCUT2D eigenvalue weighted by Gasteiger charge is 2.26. The van der Waals surface area contributed by atoms with Crippen LogP contribution in [-0.4, -0.2) is 15.5 Å². The lowest BCUT2D eigenvalue weighted by Crippen LogP contribution is -2.41. The molecule has 0 saturated heterocycles. The Morgan fingerprint density at radius 1 is 1.39 bits per heavy atom. The van der Waals surface area contributed by atoms with Crippen LogP contribution in [0.3, 0.4) is 0 Å². The predicted molar refractivity (Wildman–Crippen MR) is 69.3 cm³/mol. The van der Waals surface area contributed by atoms with Gasteiger partial charge in [-0.1, -0.05) is 19.1 Å². The van der Waals surface area contributed by atoms with E-state index in [9.17, 15) is 8.42 Å². The van der Waals surface area contributed by atoms with Crippen LogP contribution in [0.1, 0.15) is 24.9 Å². The molecule has 1 aliphatic heterocycles. The van der Waals surface area contributed by atoms with Crippen molar-refractivity contribution in [2.75, 3.05) is 7.11 Å². The summed E-state index contributed by atoms with van der Waals surface area (Å²) in [4.78, 5) is 0. The molecule has 1 aromatic rings. The van der Waals surface area contributed by atoms with Crippen LogP contribution in [0.15, 0.2) is 36.0 Å². The van der Waals surface area contributed by atoms with Crippen molar-refractivity contribution in [3.63, 3.8) is 0 Å². The fourth-order valence-electron chi connectivity index (χ4n) is 1.91. The van der Waals surface area contributed by atoms with Gasteiger partial charge in [0.05, 0.1) is 13.2 Å². The molecular weight excluding hydrogens is 252 g/mol. The van der Waals surface area contributed by atoms with Crippen molar-refractivity contribution < 1.29 is 13.2 Å². The summed E-state index contributed by atoms with van der Waals surface area (Å²) in [5.41, 5.74) is 1.85. The second-order valence-electron chi connectivity index (χ2n) is 4.02. The molecule has 0 spiro atoms. The molecule has 98 valence electrons. The van der Waals surface area contributed by atoms with Gasteiger partial charge in [-0.25, -0.2) is 0 Å². The maximum atomic E-state index is 11.6. The molecule has 6 heteroatoms. The number of benzene rings is 1. The Morgan fingerprint density at radius 3 is 2.83 bits per heavy atom. The minimum absolute atomic E-state index is 0.337. The number of ether oxygens (including phenoxy) is 1. The largest absolute Gasteiger partial charge is 0.497 e. The van der Waals surface area contributed by atoms with Crippen LogP contribution in [0.4, 0.5) is 0 Å². The van der Waals surface area contributed by atoms with Gasteiger partial charge < -0.3 is 4.74 Å². The predicted octanol–water partition coefficient (Wildman–Crippen LogP) is 1.47. The summed E-state index contributed by atoms with van der Waals surface area (Å²) in [6.45, 7) is 1.99. The van der Waals surface area contributed by atoms with Crippen molar-refractivity contribution >= 4 is 10.2 Å². The number of nitrogens with one attached hydrogen (secondary N) is 2. The third kappa shape index (κ3) is 2.65. The van der Waals surface area contributed by atoms with Crippen LogP contribution in [-0.2, 0) is 10.2 Å². The molecule has 0 radical (unpaired) electrons. The molecule has 0 bridgehead atoms. The van der Waals surface area contributed by atoms with Crippen LogP contribution >= 0.6 is 0 Å². The van der Waals surface area contributed by atoms with Crippen LogP contribution in [0.2, 0.25) is 0 Å². The maximum absolute atomic E-state index is 11.6. The molecule has 2 N–H and O–H groups in total. The maximum Gasteiger partial charge on any atom is 0.299 e. The van der Waals surface area contributed by atoms with Gasteiger partial charge in [-0.3, -0.25) is 4.72 Å². The van der Waals surface area contributed by atoms with Gasteiger partial charge in [0.15, 0.2) is 0 Å². The molecular formula is C12H16N2O3S. The number of hydrogen-bond donors (Lipinski definition) is 2.